The molecule has 6 rings (SSSR count). The number of aliphatic hydroxyl groups is 2. The summed E-state index contributed by atoms with van der Waals surface area (Å²) in [5.41, 5.74) is 3.97. The number of aliphatic hydroxyl groups excluding tert-OH is 2. The highest BCUT2D eigenvalue weighted by Gasteiger charge is 2.64. The van der Waals surface area contributed by atoms with Crippen LogP contribution in [0.2, 0.25) is 0 Å². The van der Waals surface area contributed by atoms with Crippen molar-refractivity contribution >= 4 is 23.6 Å². The molecule has 2 aliphatic carbocycles. The SMILES string of the molecule is C=CCOC12Oc3ccc(OC(=O)NCc4ccccc4)cc3C3C(CCCCO)C(CCCCO)C=C(C(=NOC4CCCCO4)CC1SCCCCCCCCCCCCCCCC)C32. The Hall–Kier alpha value is -3.35. The van der Waals surface area contributed by atoms with Crippen molar-refractivity contribution in [3.8, 4) is 11.5 Å². The standard InChI is InChI=1S/C56H84N2O8S/c1-3-5-6-7-8-9-10-11-12-13-14-15-16-26-38-67-51-41-49(58-66-52-31-22-25-37-62-52)47-39-44(29-20-23-34-59)46(30-21-24-35-60)53-48-40-45(64-55(61)57-42-43-27-18-17-19-28-43)32-33-50(48)65-56(51,54(47)53)63-36-4-2/h4,17-19,27-28,32-33,39-40,44,46,51-54,59-60H,2-3,5-16,20-26,29-31,34-38,41-42H2,1H3,(H,57,61). The second-order valence-corrected chi connectivity index (χ2v) is 20.7. The Morgan fingerprint density at radius 1 is 0.881 bits per heavy atom. The molecule has 0 aromatic heterocycles. The predicted molar refractivity (Wildman–Crippen MR) is 272 cm³/mol. The first-order chi connectivity index (χ1) is 33.0. The summed E-state index contributed by atoms with van der Waals surface area (Å²) in [5, 5.41) is 27.7. The molecule has 372 valence electrons. The summed E-state index contributed by atoms with van der Waals surface area (Å²) in [5.74, 6) is 1.06. The molecule has 0 spiro atoms. The molecule has 0 bridgehead atoms. The van der Waals surface area contributed by atoms with E-state index < -0.39 is 11.9 Å². The number of nitrogens with one attached hydrogen (secondary N) is 1. The van der Waals surface area contributed by atoms with Crippen molar-refractivity contribution in [3.05, 3.63) is 84.0 Å². The first kappa shape index (κ1) is 53.0. The molecule has 4 aliphatic rings. The largest absolute Gasteiger partial charge is 0.460 e. The smallest absolute Gasteiger partial charge is 0.412 e. The molecule has 2 aliphatic heterocycles. The molecule has 2 heterocycles. The van der Waals surface area contributed by atoms with Crippen LogP contribution in [0.3, 0.4) is 0 Å². The van der Waals surface area contributed by atoms with Crippen molar-refractivity contribution in [2.45, 2.75) is 191 Å². The van der Waals surface area contributed by atoms with Gasteiger partial charge in [-0.25, -0.2) is 4.79 Å². The van der Waals surface area contributed by atoms with E-state index >= 15 is 0 Å². The Kier molecular flexibility index (Phi) is 23.4. The third-order valence-electron chi connectivity index (χ3n) is 14.3. The zero-order chi connectivity index (χ0) is 46.9. The minimum Gasteiger partial charge on any atom is -0.460 e. The zero-order valence-corrected chi connectivity index (χ0v) is 41.7. The molecule has 67 heavy (non-hydrogen) atoms. The third kappa shape index (κ3) is 15.8. The number of unbranched alkanes of at least 4 members (excludes halogenated alkanes) is 15. The maximum atomic E-state index is 13.3. The number of ether oxygens (including phenoxy) is 4. The van der Waals surface area contributed by atoms with Crippen LogP contribution >= 0.6 is 11.8 Å². The minimum atomic E-state index is -1.04. The van der Waals surface area contributed by atoms with Gasteiger partial charge in [-0.2, -0.15) is 11.8 Å². The molecule has 11 heteroatoms. The molecular weight excluding hydrogens is 861 g/mol. The van der Waals surface area contributed by atoms with Crippen molar-refractivity contribution in [3.63, 3.8) is 0 Å². The van der Waals surface area contributed by atoms with E-state index in [0.717, 1.165) is 91.7 Å². The molecule has 10 nitrogen and oxygen atoms in total. The van der Waals surface area contributed by atoms with E-state index in [9.17, 15) is 15.0 Å². The normalized spacial score (nSPS) is 24.8. The lowest BCUT2D eigenvalue weighted by molar-refractivity contribution is -0.223. The zero-order valence-electron chi connectivity index (χ0n) is 40.9. The topological polar surface area (TPSA) is 128 Å². The molecule has 7 unspecified atom stereocenters. The van der Waals surface area contributed by atoms with E-state index in [1.54, 1.807) is 0 Å². The number of oxime groups is 1. The summed E-state index contributed by atoms with van der Waals surface area (Å²) in [6, 6.07) is 15.6. The van der Waals surface area contributed by atoms with Gasteiger partial charge in [-0.05, 0) is 91.9 Å². The average molecular weight is 945 g/mol. The summed E-state index contributed by atoms with van der Waals surface area (Å²) in [4.78, 5) is 19.6. The Labute approximate surface area is 407 Å². The molecule has 2 fully saturated rings. The van der Waals surface area contributed by atoms with Gasteiger partial charge in [-0.3, -0.25) is 0 Å². The van der Waals surface area contributed by atoms with Crippen LogP contribution in [0, 0.1) is 17.8 Å². The lowest BCUT2D eigenvalue weighted by Gasteiger charge is -2.58. The quantitative estimate of drug-likeness (QED) is 0.0373. The van der Waals surface area contributed by atoms with Crippen LogP contribution in [0.15, 0.2) is 78.0 Å². The van der Waals surface area contributed by atoms with Crippen LogP contribution in [0.1, 0.15) is 178 Å². The number of hydrogen-bond acceptors (Lipinski definition) is 10. The van der Waals surface area contributed by atoms with Gasteiger partial charge in [0.2, 0.25) is 12.1 Å². The molecule has 1 saturated carbocycles. The van der Waals surface area contributed by atoms with Crippen LogP contribution in [-0.2, 0) is 20.9 Å². The van der Waals surface area contributed by atoms with Gasteiger partial charge in [0.25, 0.3) is 0 Å². The van der Waals surface area contributed by atoms with Gasteiger partial charge in [0.1, 0.15) is 11.5 Å². The van der Waals surface area contributed by atoms with E-state index in [1.165, 1.54) is 83.5 Å². The molecule has 1 saturated heterocycles. The predicted octanol–water partition coefficient (Wildman–Crippen LogP) is 13.3. The molecule has 2 aromatic carbocycles. The molecule has 1 amide bonds. The van der Waals surface area contributed by atoms with Gasteiger partial charge in [-0.1, -0.05) is 151 Å². The minimum absolute atomic E-state index is 0.0945. The molecule has 0 radical (unpaired) electrons. The fourth-order valence-corrected chi connectivity index (χ4v) is 12.3. The highest BCUT2D eigenvalue weighted by Crippen LogP contribution is 2.62. The summed E-state index contributed by atoms with van der Waals surface area (Å²) in [6.45, 7) is 8.00. The number of thioether (sulfide) groups is 1. The summed E-state index contributed by atoms with van der Waals surface area (Å²) in [6.07, 6.45) is 30.3. The summed E-state index contributed by atoms with van der Waals surface area (Å²) < 4.78 is 26.5. The van der Waals surface area contributed by atoms with Gasteiger partial charge in [0.05, 0.1) is 30.1 Å². The van der Waals surface area contributed by atoms with Crippen LogP contribution in [-0.4, -0.2) is 71.5 Å². The maximum Gasteiger partial charge on any atom is 0.412 e. The van der Waals surface area contributed by atoms with E-state index in [2.05, 4.69) is 24.9 Å². The molecular formula is C56H84N2O8S. The number of rotatable bonds is 32. The van der Waals surface area contributed by atoms with Crippen LogP contribution in [0.5, 0.6) is 11.5 Å². The van der Waals surface area contributed by atoms with Crippen molar-refractivity contribution < 1.29 is 38.8 Å². The van der Waals surface area contributed by atoms with Crippen molar-refractivity contribution in [2.75, 3.05) is 32.2 Å². The Morgan fingerprint density at radius 3 is 2.25 bits per heavy atom. The third-order valence-corrected chi connectivity index (χ3v) is 15.8. The van der Waals surface area contributed by atoms with Gasteiger partial charge >= 0.3 is 6.09 Å². The van der Waals surface area contributed by atoms with Crippen molar-refractivity contribution in [2.24, 2.45) is 22.9 Å². The molecule has 2 aromatic rings. The van der Waals surface area contributed by atoms with Gasteiger partial charge in [0, 0.05) is 44.1 Å². The highest BCUT2D eigenvalue weighted by atomic mass is 32.2. The monoisotopic (exact) mass is 945 g/mol. The number of benzene rings is 2. The summed E-state index contributed by atoms with van der Waals surface area (Å²) in [7, 11) is 0. The maximum absolute atomic E-state index is 13.3. The van der Waals surface area contributed by atoms with E-state index in [1.807, 2.05) is 66.4 Å². The number of nitrogens with zero attached hydrogens (tertiary/aromatic N) is 1. The number of fused-ring (bicyclic) bond motifs is 2. The van der Waals surface area contributed by atoms with E-state index in [0.29, 0.717) is 38.3 Å². The fourth-order valence-electron chi connectivity index (χ4n) is 10.9. The number of carbonyl (C=O) groups is 1. The number of hydrogen-bond donors (Lipinski definition) is 3. The second-order valence-electron chi connectivity index (χ2n) is 19.3. The summed E-state index contributed by atoms with van der Waals surface area (Å²) >= 11 is 1.93. The Morgan fingerprint density at radius 2 is 1.58 bits per heavy atom. The van der Waals surface area contributed by atoms with Gasteiger partial charge in [-0.15, -0.1) is 6.58 Å². The fraction of sp³-hybridized carbons (Fsp3) is 0.679. The molecule has 3 N–H and O–H groups in total. The number of allylic oxidation sites excluding steroid dienone is 1. The second kappa shape index (κ2) is 29.6. The molecule has 7 atom stereocenters. The highest BCUT2D eigenvalue weighted by molar-refractivity contribution is 8.00. The van der Waals surface area contributed by atoms with E-state index in [4.69, 9.17) is 28.9 Å². The van der Waals surface area contributed by atoms with Gasteiger partial charge in [0.15, 0.2) is 0 Å². The first-order valence-corrected chi connectivity index (χ1v) is 27.5. The van der Waals surface area contributed by atoms with Crippen molar-refractivity contribution in [1.29, 1.82) is 0 Å². The Bertz CT molecular complexity index is 1800. The van der Waals surface area contributed by atoms with Crippen LogP contribution in [0.4, 0.5) is 4.79 Å². The average Bonchev–Trinajstić information content (AvgIpc) is 3.35. The first-order valence-electron chi connectivity index (χ1n) is 26.5. The van der Waals surface area contributed by atoms with Crippen LogP contribution in [0.25, 0.3) is 0 Å². The Balaban J connectivity index is 1.27. The van der Waals surface area contributed by atoms with E-state index in [-0.39, 0.29) is 48.4 Å². The lowest BCUT2D eigenvalue weighted by Crippen LogP contribution is -2.64. The van der Waals surface area contributed by atoms with Crippen LogP contribution < -0.4 is 14.8 Å². The number of carbonyl (C=O) groups excluding carboxylic acids is 1. The lowest BCUT2D eigenvalue weighted by atomic mass is 9.56. The number of amides is 1. The van der Waals surface area contributed by atoms with Crippen molar-refractivity contribution in [1.82, 2.24) is 5.32 Å². The van der Waals surface area contributed by atoms with Gasteiger partial charge < -0.3 is 39.3 Å².